The highest BCUT2D eigenvalue weighted by molar-refractivity contribution is 6.35. The predicted octanol–water partition coefficient (Wildman–Crippen LogP) is 4.95. The van der Waals surface area contributed by atoms with Crippen molar-refractivity contribution in [1.29, 1.82) is 0 Å². The van der Waals surface area contributed by atoms with Crippen LogP contribution in [0.3, 0.4) is 0 Å². The van der Waals surface area contributed by atoms with E-state index in [-0.39, 0.29) is 56.1 Å². The topological polar surface area (TPSA) is 177 Å². The molecular weight excluding hydrogens is 795 g/mol. The number of aliphatic hydroxyl groups is 2. The number of carboxylic acid groups (broad SMARTS) is 1. The third kappa shape index (κ3) is 12.1. The number of carbonyl (C=O) groups excluding carboxylic acids is 2. The number of aromatic nitrogens is 4. The quantitative estimate of drug-likeness (QED) is 0.228. The number of benzene rings is 1. The smallest absolute Gasteiger partial charge is 0.373 e. The molecule has 4 saturated heterocycles. The van der Waals surface area contributed by atoms with Crippen LogP contribution in [0.15, 0.2) is 24.4 Å². The first-order chi connectivity index (χ1) is 27.0. The fourth-order valence-electron chi connectivity index (χ4n) is 9.24. The van der Waals surface area contributed by atoms with E-state index in [1.807, 2.05) is 29.9 Å². The van der Waals surface area contributed by atoms with Crippen molar-refractivity contribution in [2.45, 2.75) is 83.8 Å². The van der Waals surface area contributed by atoms with E-state index in [2.05, 4.69) is 33.9 Å². The van der Waals surface area contributed by atoms with Gasteiger partial charge < -0.3 is 25.5 Å². The number of hydrogen-bond donors (Lipinski definition) is 4. The van der Waals surface area contributed by atoms with Gasteiger partial charge in [-0.15, -0.1) is 12.4 Å². The van der Waals surface area contributed by atoms with Crippen molar-refractivity contribution in [2.75, 3.05) is 70.5 Å². The number of carboxylic acids is 1. The van der Waals surface area contributed by atoms with Gasteiger partial charge in [-0.25, -0.2) is 14.6 Å². The fourth-order valence-corrected chi connectivity index (χ4v) is 9.81. The van der Waals surface area contributed by atoms with E-state index in [1.165, 1.54) is 12.8 Å². The van der Waals surface area contributed by atoms with Crippen LogP contribution in [0.5, 0.6) is 0 Å². The molecule has 3 unspecified atom stereocenters. The van der Waals surface area contributed by atoms with Gasteiger partial charge in [0.2, 0.25) is 0 Å². The van der Waals surface area contributed by atoms with Gasteiger partial charge in [-0.2, -0.15) is 14.7 Å². The van der Waals surface area contributed by atoms with Crippen molar-refractivity contribution >= 4 is 64.7 Å². The number of hydrogen-bond acceptors (Lipinski definition) is 12. The van der Waals surface area contributed by atoms with Gasteiger partial charge in [0.05, 0.1) is 17.9 Å². The van der Waals surface area contributed by atoms with Gasteiger partial charge in [-0.3, -0.25) is 14.6 Å². The molecule has 6 heterocycles. The molecule has 0 spiro atoms. The minimum atomic E-state index is -0.689. The molecule has 2 aromatic heterocycles. The molecule has 14 nitrogen and oxygen atoms in total. The van der Waals surface area contributed by atoms with Crippen molar-refractivity contribution in [2.24, 2.45) is 23.7 Å². The summed E-state index contributed by atoms with van der Waals surface area (Å²) in [5, 5.41) is 37.9. The first kappa shape index (κ1) is 46.8. The van der Waals surface area contributed by atoms with E-state index in [9.17, 15) is 15.0 Å². The maximum absolute atomic E-state index is 10.8. The van der Waals surface area contributed by atoms with Crippen LogP contribution in [-0.4, -0.2) is 135 Å². The number of aliphatic hydroxyl groups excluding tert-OH is 2. The number of aliphatic carboxylic acids is 1. The average molecular weight is 854 g/mol. The Morgan fingerprint density at radius 1 is 0.982 bits per heavy atom. The minimum Gasteiger partial charge on any atom is -0.481 e. The van der Waals surface area contributed by atoms with E-state index >= 15 is 0 Å². The summed E-state index contributed by atoms with van der Waals surface area (Å²) in [6.45, 7) is 14.5. The molecule has 17 heteroatoms. The zero-order valence-electron chi connectivity index (χ0n) is 33.2. The van der Waals surface area contributed by atoms with Crippen LogP contribution in [0.2, 0.25) is 10.0 Å². The predicted molar refractivity (Wildman–Crippen MR) is 222 cm³/mol. The summed E-state index contributed by atoms with van der Waals surface area (Å²) in [6, 6.07) is 6.26. The van der Waals surface area contributed by atoms with Crippen LogP contribution in [0, 0.1) is 30.6 Å². The molecule has 316 valence electrons. The molecule has 1 aromatic carbocycles. The molecule has 4 aliphatic heterocycles. The minimum absolute atomic E-state index is 0. The average Bonchev–Trinajstić information content (AvgIpc) is 3.53. The number of nitrogens with one attached hydrogen (secondary N) is 1. The van der Waals surface area contributed by atoms with Crippen LogP contribution in [0.4, 0.5) is 5.82 Å². The Hall–Kier alpha value is -2.91. The second-order valence-electron chi connectivity index (χ2n) is 15.9. The van der Waals surface area contributed by atoms with Crippen LogP contribution in [0.25, 0.3) is 11.2 Å². The largest absolute Gasteiger partial charge is 0.481 e. The summed E-state index contributed by atoms with van der Waals surface area (Å²) in [7, 11) is 0. The standard InChI is InChI=1S/C26H34Cl2N6O.C13H24N2O3.CO2.ClH/c1-16-5-4-9-32(13-16)23-8-10-33(14-19(23)15-35)24-12-29-25-17(2)31-34(26(25)30-24)18(3)21-7-6-20(27)11-22(21)28;16-9-11-7-14-4-3-12(11)15-5-1-2-10(8-15)6-13(17)18;2-1-3;/h6-7,11-12,16,18-19,23,35H,4-5,8-10,13-15H2,1-3H3;10-12,14,16H,1-9H2,(H,17,18);;1H/t16-,18-,19+,23?;10-,11?,12?;;/m10../s1. The van der Waals surface area contributed by atoms with Crippen molar-refractivity contribution in [3.63, 3.8) is 0 Å². The Balaban J connectivity index is 0.000000276. The number of fused-ring (bicyclic) bond motifs is 1. The molecule has 7 atom stereocenters. The summed E-state index contributed by atoms with van der Waals surface area (Å²) in [5.74, 6) is 1.65. The van der Waals surface area contributed by atoms with Crippen molar-refractivity contribution < 1.29 is 29.7 Å². The Bertz CT molecular complexity index is 1780. The third-order valence-corrected chi connectivity index (χ3v) is 12.6. The lowest BCUT2D eigenvalue weighted by molar-refractivity contribution is -0.191. The lowest BCUT2D eigenvalue weighted by Gasteiger charge is -2.46. The van der Waals surface area contributed by atoms with E-state index in [0.29, 0.717) is 28.0 Å². The molecule has 4 fully saturated rings. The summed E-state index contributed by atoms with van der Waals surface area (Å²) < 4.78 is 1.90. The van der Waals surface area contributed by atoms with Gasteiger partial charge in [0.15, 0.2) is 5.65 Å². The number of aryl methyl sites for hydroxylation is 1. The third-order valence-electron chi connectivity index (χ3n) is 12.0. The highest BCUT2D eigenvalue weighted by Crippen LogP contribution is 2.33. The summed E-state index contributed by atoms with van der Waals surface area (Å²) in [6.07, 6.45) is 9.13. The monoisotopic (exact) mass is 852 g/mol. The SMILES string of the molecule is Cc1nn([C@H](C)c2ccc(Cl)cc2Cl)c2nc(N3CCC(N4CCC[C@@H](C)C4)[C@H](CO)C3)cnc12.Cl.O=C(O)C[C@@H]1CCCN(C2CCNCC2CO)C1.O=C=O. The Morgan fingerprint density at radius 2 is 1.67 bits per heavy atom. The lowest BCUT2D eigenvalue weighted by atomic mass is 9.88. The number of nitrogens with zero attached hydrogens (tertiary/aromatic N) is 7. The van der Waals surface area contributed by atoms with E-state index in [1.54, 1.807) is 6.07 Å². The van der Waals surface area contributed by atoms with Gasteiger partial charge in [-0.05, 0) is 102 Å². The highest BCUT2D eigenvalue weighted by atomic mass is 35.5. The Kier molecular flexibility index (Phi) is 18.4. The first-order valence-corrected chi connectivity index (χ1v) is 20.8. The van der Waals surface area contributed by atoms with Gasteiger partial charge in [0.1, 0.15) is 11.3 Å². The van der Waals surface area contributed by atoms with Crippen molar-refractivity contribution in [3.05, 3.63) is 45.7 Å². The molecule has 57 heavy (non-hydrogen) atoms. The van der Waals surface area contributed by atoms with Gasteiger partial charge in [-0.1, -0.05) is 36.2 Å². The lowest BCUT2D eigenvalue weighted by Crippen LogP contribution is -2.54. The van der Waals surface area contributed by atoms with Crippen LogP contribution < -0.4 is 10.2 Å². The highest BCUT2D eigenvalue weighted by Gasteiger charge is 2.36. The van der Waals surface area contributed by atoms with Gasteiger partial charge >= 0.3 is 12.1 Å². The molecule has 0 amide bonds. The summed E-state index contributed by atoms with van der Waals surface area (Å²) in [5.41, 5.74) is 3.30. The zero-order valence-corrected chi connectivity index (χ0v) is 35.6. The van der Waals surface area contributed by atoms with Crippen molar-refractivity contribution in [1.82, 2.24) is 34.9 Å². The molecule has 0 aliphatic carbocycles. The second kappa shape index (κ2) is 22.5. The molecule has 0 bridgehead atoms. The Labute approximate surface area is 351 Å². The van der Waals surface area contributed by atoms with Crippen LogP contribution >= 0.6 is 35.6 Å². The molecule has 4 aliphatic rings. The molecule has 4 N–H and O–H groups in total. The van der Waals surface area contributed by atoms with E-state index in [0.717, 1.165) is 112 Å². The summed E-state index contributed by atoms with van der Waals surface area (Å²) >= 11 is 12.6. The number of rotatable bonds is 9. The van der Waals surface area contributed by atoms with E-state index in [4.69, 9.17) is 53.0 Å². The van der Waals surface area contributed by atoms with E-state index < -0.39 is 5.97 Å². The number of likely N-dealkylation sites (tertiary alicyclic amines) is 2. The van der Waals surface area contributed by atoms with Crippen LogP contribution in [0.1, 0.15) is 76.1 Å². The number of carbonyl (C=O) groups is 1. The maximum Gasteiger partial charge on any atom is 0.373 e. The van der Waals surface area contributed by atoms with Gasteiger partial charge in [0, 0.05) is 86.3 Å². The molecule has 3 aromatic rings. The molecular formula is C40H59Cl3N8O6. The maximum atomic E-state index is 10.8. The van der Waals surface area contributed by atoms with Crippen LogP contribution in [-0.2, 0) is 14.4 Å². The molecule has 0 radical (unpaired) electrons. The Morgan fingerprint density at radius 3 is 2.33 bits per heavy atom. The van der Waals surface area contributed by atoms with Crippen molar-refractivity contribution in [3.8, 4) is 0 Å². The molecule has 0 saturated carbocycles. The first-order valence-electron chi connectivity index (χ1n) is 20.0. The molecule has 7 rings (SSSR count). The second-order valence-corrected chi connectivity index (χ2v) is 16.8. The summed E-state index contributed by atoms with van der Waals surface area (Å²) in [4.78, 5) is 44.1. The fraction of sp³-hybridized carbons (Fsp3) is 0.675. The number of piperidine rings is 4. The van der Waals surface area contributed by atoms with Gasteiger partial charge in [0.25, 0.3) is 0 Å². The zero-order chi connectivity index (χ0) is 40.4. The normalized spacial score (nSPS) is 26.2. The number of anilines is 1. The number of halogens is 3.